The van der Waals surface area contributed by atoms with E-state index in [0.717, 1.165) is 64.2 Å². The van der Waals surface area contributed by atoms with E-state index in [1.54, 1.807) is 6.08 Å². The van der Waals surface area contributed by atoms with Gasteiger partial charge in [-0.15, -0.1) is 0 Å². The largest absolute Gasteiger partial charge is 0.454 e. The van der Waals surface area contributed by atoms with Crippen molar-refractivity contribution >= 4 is 11.9 Å². The number of ether oxygens (including phenoxy) is 3. The van der Waals surface area contributed by atoms with E-state index in [0.29, 0.717) is 19.3 Å². The molecule has 0 bridgehead atoms. The molecule has 8 atom stereocenters. The lowest BCUT2D eigenvalue weighted by Gasteiger charge is -2.41. The fraction of sp³-hybridized carbons (Fsp3) is 0.897. The zero-order valence-corrected chi connectivity index (χ0v) is 58.6. The lowest BCUT2D eigenvalue weighted by Crippen LogP contribution is -2.61. The van der Waals surface area contributed by atoms with Gasteiger partial charge in [-0.1, -0.05) is 359 Å². The molecule has 0 aromatic carbocycles. The molecule has 89 heavy (non-hydrogen) atoms. The van der Waals surface area contributed by atoms with Crippen LogP contribution in [0.3, 0.4) is 0 Å². The summed E-state index contributed by atoms with van der Waals surface area (Å²) in [5, 5.41) is 57.3. The molecule has 6 N–H and O–H groups in total. The van der Waals surface area contributed by atoms with E-state index in [1.165, 1.54) is 276 Å². The van der Waals surface area contributed by atoms with Crippen molar-refractivity contribution in [1.82, 2.24) is 5.32 Å². The molecule has 1 fully saturated rings. The van der Waals surface area contributed by atoms with Crippen LogP contribution in [0.15, 0.2) is 36.5 Å². The van der Waals surface area contributed by atoms with E-state index in [9.17, 15) is 35.1 Å². The highest BCUT2D eigenvalue weighted by Gasteiger charge is 2.47. The van der Waals surface area contributed by atoms with Gasteiger partial charge in [0.05, 0.1) is 25.4 Å². The van der Waals surface area contributed by atoms with Crippen LogP contribution in [0.2, 0.25) is 0 Å². The zero-order valence-electron chi connectivity index (χ0n) is 58.6. The van der Waals surface area contributed by atoms with Gasteiger partial charge in [0.25, 0.3) is 0 Å². The van der Waals surface area contributed by atoms with Crippen LogP contribution in [0.5, 0.6) is 0 Å². The number of unbranched alkanes of at least 4 members (excludes halogenated alkanes) is 50. The van der Waals surface area contributed by atoms with E-state index < -0.39 is 67.4 Å². The number of esters is 1. The minimum atomic E-state index is -1.61. The molecule has 0 aromatic heterocycles. The van der Waals surface area contributed by atoms with Gasteiger partial charge in [-0.05, 0) is 57.8 Å². The maximum Gasteiger partial charge on any atom is 0.306 e. The number of aliphatic hydroxyl groups is 5. The van der Waals surface area contributed by atoms with E-state index in [4.69, 9.17) is 14.2 Å². The first-order valence-electron chi connectivity index (χ1n) is 38.8. The highest BCUT2D eigenvalue weighted by atomic mass is 16.7. The molecule has 1 rings (SSSR count). The molecular weight excluding hydrogens is 1110 g/mol. The van der Waals surface area contributed by atoms with Gasteiger partial charge in [-0.3, -0.25) is 9.59 Å². The Morgan fingerprint density at radius 3 is 1.17 bits per heavy atom. The number of amides is 1. The van der Waals surface area contributed by atoms with Gasteiger partial charge in [0.2, 0.25) is 5.91 Å². The van der Waals surface area contributed by atoms with Gasteiger partial charge < -0.3 is 45.1 Å². The Morgan fingerprint density at radius 2 is 0.775 bits per heavy atom. The van der Waals surface area contributed by atoms with Crippen LogP contribution in [0.1, 0.15) is 387 Å². The number of rotatable bonds is 68. The van der Waals surface area contributed by atoms with Crippen molar-refractivity contribution < 1.29 is 49.3 Å². The number of allylic oxidation sites excluding steroid dienone is 5. The first-order chi connectivity index (χ1) is 43.7. The quantitative estimate of drug-likeness (QED) is 0.0195. The van der Waals surface area contributed by atoms with E-state index in [2.05, 4.69) is 50.4 Å². The van der Waals surface area contributed by atoms with Gasteiger partial charge in [-0.25, -0.2) is 0 Å². The summed E-state index contributed by atoms with van der Waals surface area (Å²) in [6.07, 6.45) is 72.1. The number of aliphatic hydroxyl groups excluding tert-OH is 5. The van der Waals surface area contributed by atoms with E-state index in [1.807, 2.05) is 6.08 Å². The van der Waals surface area contributed by atoms with Crippen molar-refractivity contribution in [2.45, 2.75) is 436 Å². The topological polar surface area (TPSA) is 175 Å². The summed E-state index contributed by atoms with van der Waals surface area (Å²) >= 11 is 0. The third kappa shape index (κ3) is 52.9. The lowest BCUT2D eigenvalue weighted by molar-refractivity contribution is -0.305. The molecule has 1 aliphatic rings. The monoisotopic (exact) mass is 1260 g/mol. The van der Waals surface area contributed by atoms with Crippen LogP contribution in [0, 0.1) is 0 Å². The summed E-state index contributed by atoms with van der Waals surface area (Å²) in [6.45, 7) is 5.83. The van der Waals surface area contributed by atoms with Gasteiger partial charge >= 0.3 is 5.97 Å². The minimum Gasteiger partial charge on any atom is -0.454 e. The van der Waals surface area contributed by atoms with Crippen molar-refractivity contribution in [3.8, 4) is 0 Å². The van der Waals surface area contributed by atoms with Crippen LogP contribution >= 0.6 is 0 Å². The Hall–Kier alpha value is -2.12. The second-order valence-electron chi connectivity index (χ2n) is 27.1. The zero-order chi connectivity index (χ0) is 64.6. The van der Waals surface area contributed by atoms with Crippen molar-refractivity contribution in [2.75, 3.05) is 13.2 Å². The molecule has 11 nitrogen and oxygen atoms in total. The lowest BCUT2D eigenvalue weighted by atomic mass is 9.99. The average Bonchev–Trinajstić information content (AvgIpc) is 1.43. The Labute approximate surface area is 549 Å². The molecule has 0 saturated carbocycles. The van der Waals surface area contributed by atoms with Crippen molar-refractivity contribution in [3.63, 3.8) is 0 Å². The highest BCUT2D eigenvalue weighted by molar-refractivity contribution is 5.80. The Bertz CT molecular complexity index is 1590. The van der Waals surface area contributed by atoms with Crippen molar-refractivity contribution in [3.05, 3.63) is 36.5 Å². The van der Waals surface area contributed by atoms with Crippen molar-refractivity contribution in [2.24, 2.45) is 0 Å². The van der Waals surface area contributed by atoms with E-state index >= 15 is 0 Å². The predicted octanol–water partition coefficient (Wildman–Crippen LogP) is 20.5. The summed E-state index contributed by atoms with van der Waals surface area (Å²) < 4.78 is 17.7. The van der Waals surface area contributed by atoms with Crippen LogP contribution in [0.4, 0.5) is 0 Å². The molecule has 11 heteroatoms. The third-order valence-electron chi connectivity index (χ3n) is 18.5. The smallest absolute Gasteiger partial charge is 0.306 e. The maximum atomic E-state index is 13.5. The molecule has 1 aliphatic heterocycles. The number of carbonyl (C=O) groups excluding carboxylic acids is 2. The molecular formula is C78H147NO10. The average molecular weight is 1260 g/mol. The molecule has 0 aromatic rings. The van der Waals surface area contributed by atoms with Gasteiger partial charge in [-0.2, -0.15) is 0 Å². The number of carbonyl (C=O) groups is 2. The second kappa shape index (κ2) is 65.9. The minimum absolute atomic E-state index is 0.128. The Balaban J connectivity index is 2.47. The van der Waals surface area contributed by atoms with Crippen molar-refractivity contribution in [1.29, 1.82) is 0 Å². The number of nitrogens with one attached hydrogen (secondary N) is 1. The summed E-state index contributed by atoms with van der Waals surface area (Å²) in [7, 11) is 0. The Kier molecular flexibility index (Phi) is 62.9. The molecule has 1 amide bonds. The van der Waals surface area contributed by atoms with Crippen LogP contribution in [-0.2, 0) is 23.8 Å². The molecule has 0 spiro atoms. The SMILES string of the molecule is CCCCC/C=C\C/C=C\CCCCCCCCCCCCCCCCCCCC(=O)OC1C(OCC(NC(=O)C(O)CCCCCCCCCCCCCCCCCCCCCCCC)C(O)/C=C/CCCCCCCCCCC)OC(CO)C(O)C1O. The summed E-state index contributed by atoms with van der Waals surface area (Å²) in [5.74, 6) is -1.17. The van der Waals surface area contributed by atoms with Crippen LogP contribution < -0.4 is 5.32 Å². The van der Waals surface area contributed by atoms with Gasteiger partial charge in [0.1, 0.15) is 24.4 Å². The maximum absolute atomic E-state index is 13.5. The fourth-order valence-corrected chi connectivity index (χ4v) is 12.5. The normalized spacial score (nSPS) is 18.2. The molecule has 8 unspecified atom stereocenters. The summed E-state index contributed by atoms with van der Waals surface area (Å²) in [5.41, 5.74) is 0. The summed E-state index contributed by atoms with van der Waals surface area (Å²) in [6, 6.07) is -1.02. The predicted molar refractivity (Wildman–Crippen MR) is 375 cm³/mol. The second-order valence-corrected chi connectivity index (χ2v) is 27.1. The molecule has 1 saturated heterocycles. The molecule has 1 heterocycles. The highest BCUT2D eigenvalue weighted by Crippen LogP contribution is 2.27. The Morgan fingerprint density at radius 1 is 0.438 bits per heavy atom. The number of hydrogen-bond acceptors (Lipinski definition) is 10. The number of hydrogen-bond donors (Lipinski definition) is 6. The van der Waals surface area contributed by atoms with Gasteiger partial charge in [0.15, 0.2) is 12.4 Å². The summed E-state index contributed by atoms with van der Waals surface area (Å²) in [4.78, 5) is 26.7. The molecule has 524 valence electrons. The first kappa shape index (κ1) is 84.9. The first-order valence-corrected chi connectivity index (χ1v) is 38.8. The fourth-order valence-electron chi connectivity index (χ4n) is 12.5. The van der Waals surface area contributed by atoms with E-state index in [-0.39, 0.29) is 13.0 Å². The van der Waals surface area contributed by atoms with Crippen LogP contribution in [-0.4, -0.2) is 99.6 Å². The molecule has 0 radical (unpaired) electrons. The molecule has 0 aliphatic carbocycles. The van der Waals surface area contributed by atoms with Gasteiger partial charge in [0, 0.05) is 6.42 Å². The third-order valence-corrected chi connectivity index (χ3v) is 18.5. The standard InChI is InChI=1S/C78H147NO10/c1-4-7-10-13-16-19-22-24-26-28-30-32-34-35-36-37-38-40-42-44-46-48-51-54-57-60-63-66-73(83)89-76-75(85)74(84)72(67-80)88-78(76)87-68-69(70(81)64-61-58-55-52-49-21-18-15-12-9-6-3)79-77(86)71(82)65-62-59-56-53-50-47-45-43-41-39-33-31-29-27-25-23-20-17-14-11-8-5-2/h16,19,24,26,61,64,69-72,74-76,78,80-82,84-85H,4-15,17-18,20-23,25,27-60,62-63,65-68H2,1-3H3,(H,79,86)/b19-16-,26-24-,64-61+. The van der Waals surface area contributed by atoms with Crippen LogP contribution in [0.25, 0.3) is 0 Å².